The molecule has 3 nitrogen and oxygen atoms in total. The van der Waals surface area contributed by atoms with Gasteiger partial charge in [0, 0.05) is 31.0 Å². The SMILES string of the molecule is Cc1ccc(C(=O)N(C)Cc2ccccc2F)cn1. The maximum Gasteiger partial charge on any atom is 0.255 e. The summed E-state index contributed by atoms with van der Waals surface area (Å²) in [5.74, 6) is -0.472. The number of hydrogen-bond donors (Lipinski definition) is 0. The summed E-state index contributed by atoms with van der Waals surface area (Å²) in [6.45, 7) is 2.09. The molecule has 19 heavy (non-hydrogen) atoms. The Balaban J connectivity index is 2.12. The molecule has 0 fully saturated rings. The van der Waals surface area contributed by atoms with E-state index in [1.165, 1.54) is 17.2 Å². The molecular weight excluding hydrogens is 243 g/mol. The molecule has 0 aliphatic carbocycles. The predicted octanol–water partition coefficient (Wildman–Crippen LogP) is 2.80. The first kappa shape index (κ1) is 13.2. The lowest BCUT2D eigenvalue weighted by Gasteiger charge is -2.17. The topological polar surface area (TPSA) is 33.2 Å². The van der Waals surface area contributed by atoms with Crippen molar-refractivity contribution in [3.05, 3.63) is 65.2 Å². The van der Waals surface area contributed by atoms with Gasteiger partial charge in [0.1, 0.15) is 5.82 Å². The van der Waals surface area contributed by atoms with Gasteiger partial charge in [0.25, 0.3) is 5.91 Å². The van der Waals surface area contributed by atoms with Gasteiger partial charge < -0.3 is 4.90 Å². The number of carbonyl (C=O) groups excluding carboxylic acids is 1. The lowest BCUT2D eigenvalue weighted by molar-refractivity contribution is 0.0783. The summed E-state index contributed by atoms with van der Waals surface area (Å²) in [6, 6.07) is 9.95. The Bertz CT molecular complexity index is 581. The van der Waals surface area contributed by atoms with Crippen LogP contribution in [-0.4, -0.2) is 22.8 Å². The fourth-order valence-electron chi connectivity index (χ4n) is 1.77. The monoisotopic (exact) mass is 258 g/mol. The zero-order chi connectivity index (χ0) is 13.8. The highest BCUT2D eigenvalue weighted by Crippen LogP contribution is 2.11. The standard InChI is InChI=1S/C15H15FN2O/c1-11-7-8-12(9-17-11)15(19)18(2)10-13-5-3-4-6-14(13)16/h3-9H,10H2,1-2H3. The molecule has 0 aliphatic heterocycles. The van der Waals surface area contributed by atoms with E-state index in [1.807, 2.05) is 6.92 Å². The van der Waals surface area contributed by atoms with Gasteiger partial charge >= 0.3 is 0 Å². The molecule has 2 rings (SSSR count). The van der Waals surface area contributed by atoms with Crippen molar-refractivity contribution in [2.45, 2.75) is 13.5 Å². The molecule has 1 aromatic heterocycles. The van der Waals surface area contributed by atoms with Crippen LogP contribution >= 0.6 is 0 Å². The number of rotatable bonds is 3. The van der Waals surface area contributed by atoms with Gasteiger partial charge in [-0.25, -0.2) is 4.39 Å². The number of carbonyl (C=O) groups is 1. The van der Waals surface area contributed by atoms with Crippen molar-refractivity contribution in [2.24, 2.45) is 0 Å². The Labute approximate surface area is 111 Å². The molecule has 98 valence electrons. The molecule has 0 unspecified atom stereocenters. The molecule has 2 aromatic rings. The highest BCUT2D eigenvalue weighted by atomic mass is 19.1. The number of halogens is 1. The van der Waals surface area contributed by atoms with Crippen molar-refractivity contribution in [1.82, 2.24) is 9.88 Å². The number of hydrogen-bond acceptors (Lipinski definition) is 2. The van der Waals surface area contributed by atoms with Gasteiger partial charge in [0.05, 0.1) is 5.56 Å². The average Bonchev–Trinajstić information content (AvgIpc) is 2.41. The van der Waals surface area contributed by atoms with Crippen LogP contribution in [0.1, 0.15) is 21.6 Å². The number of amides is 1. The maximum atomic E-state index is 13.5. The van der Waals surface area contributed by atoms with Crippen molar-refractivity contribution in [2.75, 3.05) is 7.05 Å². The van der Waals surface area contributed by atoms with Crippen LogP contribution in [-0.2, 0) is 6.54 Å². The lowest BCUT2D eigenvalue weighted by atomic mass is 10.2. The predicted molar refractivity (Wildman–Crippen MR) is 71.2 cm³/mol. The van der Waals surface area contributed by atoms with Gasteiger partial charge in [-0.3, -0.25) is 9.78 Å². The Hall–Kier alpha value is -2.23. The first-order valence-corrected chi connectivity index (χ1v) is 5.99. The van der Waals surface area contributed by atoms with E-state index in [9.17, 15) is 9.18 Å². The number of aromatic nitrogens is 1. The van der Waals surface area contributed by atoms with Crippen LogP contribution < -0.4 is 0 Å². The number of aryl methyl sites for hydroxylation is 1. The smallest absolute Gasteiger partial charge is 0.255 e. The van der Waals surface area contributed by atoms with Gasteiger partial charge in [0.15, 0.2) is 0 Å². The molecule has 0 bridgehead atoms. The summed E-state index contributed by atoms with van der Waals surface area (Å²) in [5, 5.41) is 0. The first-order chi connectivity index (χ1) is 9.08. The van der Waals surface area contributed by atoms with Crippen molar-refractivity contribution in [3.8, 4) is 0 Å². The van der Waals surface area contributed by atoms with Gasteiger partial charge in [0.2, 0.25) is 0 Å². The van der Waals surface area contributed by atoms with Crippen LogP contribution in [0.5, 0.6) is 0 Å². The van der Waals surface area contributed by atoms with Gasteiger partial charge in [-0.05, 0) is 25.1 Å². The highest BCUT2D eigenvalue weighted by Gasteiger charge is 2.13. The molecule has 0 saturated heterocycles. The minimum atomic E-state index is -0.302. The molecule has 1 heterocycles. The van der Waals surface area contributed by atoms with E-state index in [-0.39, 0.29) is 18.3 Å². The van der Waals surface area contributed by atoms with Gasteiger partial charge in [-0.15, -0.1) is 0 Å². The molecule has 0 radical (unpaired) electrons. The molecular formula is C15H15FN2O. The van der Waals surface area contributed by atoms with Gasteiger partial charge in [-0.1, -0.05) is 18.2 Å². The van der Waals surface area contributed by atoms with E-state index in [0.717, 1.165) is 5.69 Å². The largest absolute Gasteiger partial charge is 0.337 e. The Morgan fingerprint density at radius 2 is 2.00 bits per heavy atom. The highest BCUT2D eigenvalue weighted by molar-refractivity contribution is 5.93. The Kier molecular flexibility index (Phi) is 3.90. The normalized spacial score (nSPS) is 10.3. The molecule has 0 N–H and O–H groups in total. The van der Waals surface area contributed by atoms with Crippen LogP contribution in [0.15, 0.2) is 42.6 Å². The lowest BCUT2D eigenvalue weighted by Crippen LogP contribution is -2.26. The summed E-state index contributed by atoms with van der Waals surface area (Å²) < 4.78 is 13.5. The summed E-state index contributed by atoms with van der Waals surface area (Å²) >= 11 is 0. The zero-order valence-corrected chi connectivity index (χ0v) is 10.9. The molecule has 0 aliphatic rings. The average molecular weight is 258 g/mol. The van der Waals surface area contributed by atoms with Crippen LogP contribution in [0, 0.1) is 12.7 Å². The second-order valence-corrected chi connectivity index (χ2v) is 4.44. The van der Waals surface area contributed by atoms with Crippen LogP contribution in [0.25, 0.3) is 0 Å². The second-order valence-electron chi connectivity index (χ2n) is 4.44. The minimum Gasteiger partial charge on any atom is -0.337 e. The Morgan fingerprint density at radius 3 is 2.63 bits per heavy atom. The van der Waals surface area contributed by atoms with E-state index in [0.29, 0.717) is 11.1 Å². The van der Waals surface area contributed by atoms with E-state index in [1.54, 1.807) is 37.4 Å². The third kappa shape index (κ3) is 3.16. The summed E-state index contributed by atoms with van der Waals surface area (Å²) in [5.41, 5.74) is 1.86. The number of benzene rings is 1. The van der Waals surface area contributed by atoms with Crippen LogP contribution in [0.3, 0.4) is 0 Å². The quantitative estimate of drug-likeness (QED) is 0.848. The maximum absolute atomic E-state index is 13.5. The van der Waals surface area contributed by atoms with Crippen LogP contribution in [0.2, 0.25) is 0 Å². The molecule has 0 saturated carbocycles. The third-order valence-corrected chi connectivity index (χ3v) is 2.87. The van der Waals surface area contributed by atoms with E-state index >= 15 is 0 Å². The van der Waals surface area contributed by atoms with Crippen molar-refractivity contribution < 1.29 is 9.18 Å². The Morgan fingerprint density at radius 1 is 1.26 bits per heavy atom. The number of nitrogens with zero attached hydrogens (tertiary/aromatic N) is 2. The molecule has 0 spiro atoms. The zero-order valence-electron chi connectivity index (χ0n) is 10.9. The van der Waals surface area contributed by atoms with Crippen molar-refractivity contribution >= 4 is 5.91 Å². The molecule has 1 aromatic carbocycles. The first-order valence-electron chi connectivity index (χ1n) is 5.99. The molecule has 0 atom stereocenters. The molecule has 1 amide bonds. The fraction of sp³-hybridized carbons (Fsp3) is 0.200. The van der Waals surface area contributed by atoms with E-state index in [4.69, 9.17) is 0 Å². The van der Waals surface area contributed by atoms with Gasteiger partial charge in [-0.2, -0.15) is 0 Å². The van der Waals surface area contributed by atoms with Crippen molar-refractivity contribution in [3.63, 3.8) is 0 Å². The van der Waals surface area contributed by atoms with Crippen LogP contribution in [0.4, 0.5) is 4.39 Å². The second kappa shape index (κ2) is 5.61. The summed E-state index contributed by atoms with van der Waals surface area (Å²) in [6.07, 6.45) is 1.54. The fourth-order valence-corrected chi connectivity index (χ4v) is 1.77. The third-order valence-electron chi connectivity index (χ3n) is 2.87. The number of pyridine rings is 1. The summed E-state index contributed by atoms with van der Waals surface area (Å²) in [7, 11) is 1.65. The molecule has 4 heteroatoms. The van der Waals surface area contributed by atoms with Crippen molar-refractivity contribution in [1.29, 1.82) is 0 Å². The summed E-state index contributed by atoms with van der Waals surface area (Å²) in [4.78, 5) is 17.7. The van der Waals surface area contributed by atoms with E-state index < -0.39 is 0 Å². The minimum absolute atomic E-state index is 0.171. The van der Waals surface area contributed by atoms with E-state index in [2.05, 4.69) is 4.98 Å².